The van der Waals surface area contributed by atoms with Gasteiger partial charge in [0.05, 0.1) is 0 Å². The first-order chi connectivity index (χ1) is 11.1. The molecule has 1 aliphatic rings. The number of rotatable bonds is 5. The molecule has 1 heterocycles. The van der Waals surface area contributed by atoms with Crippen LogP contribution in [0.2, 0.25) is 0 Å². The molecule has 0 aliphatic carbocycles. The third kappa shape index (κ3) is 3.34. The van der Waals surface area contributed by atoms with Gasteiger partial charge in [-0.1, -0.05) is 48.5 Å². The summed E-state index contributed by atoms with van der Waals surface area (Å²) in [4.78, 5) is 25.1. The van der Waals surface area contributed by atoms with Crippen LogP contribution in [0.4, 0.5) is 5.69 Å². The number of ether oxygens (including phenoxy) is 1. The summed E-state index contributed by atoms with van der Waals surface area (Å²) in [6.45, 7) is 0.119. The number of nitrogens with zero attached hydrogens (tertiary/aromatic N) is 1. The maximum Gasteiger partial charge on any atom is 0.326 e. The lowest BCUT2D eigenvalue weighted by Crippen LogP contribution is -2.42. The summed E-state index contributed by atoms with van der Waals surface area (Å²) in [5.74, 6) is -1.37. The van der Waals surface area contributed by atoms with Gasteiger partial charge in [-0.05, 0) is 17.2 Å². The molecule has 0 radical (unpaired) electrons. The third-order valence-corrected chi connectivity index (χ3v) is 3.92. The fourth-order valence-corrected chi connectivity index (χ4v) is 2.79. The van der Waals surface area contributed by atoms with Crippen molar-refractivity contribution in [1.29, 1.82) is 0 Å². The Bertz CT molecular complexity index is 714. The van der Waals surface area contributed by atoms with E-state index in [1.165, 1.54) is 0 Å². The van der Waals surface area contributed by atoms with Crippen molar-refractivity contribution in [1.82, 2.24) is 0 Å². The zero-order chi connectivity index (χ0) is 16.2. The van der Waals surface area contributed by atoms with E-state index in [9.17, 15) is 14.7 Å². The van der Waals surface area contributed by atoms with Crippen molar-refractivity contribution in [3.8, 4) is 0 Å². The van der Waals surface area contributed by atoms with Crippen molar-refractivity contribution < 1.29 is 19.4 Å². The quantitative estimate of drug-likeness (QED) is 0.858. The van der Waals surface area contributed by atoms with Gasteiger partial charge in [-0.25, -0.2) is 4.79 Å². The van der Waals surface area contributed by atoms with E-state index in [0.29, 0.717) is 6.42 Å². The Hall–Kier alpha value is -2.82. The predicted molar refractivity (Wildman–Crippen MR) is 85.2 cm³/mol. The number of carbonyl (C=O) groups is 2. The Morgan fingerprint density at radius 2 is 1.78 bits per heavy atom. The summed E-state index contributed by atoms with van der Waals surface area (Å²) in [6.07, 6.45) is 0.400. The van der Waals surface area contributed by atoms with Crippen LogP contribution in [0.25, 0.3) is 0 Å². The van der Waals surface area contributed by atoms with E-state index in [-0.39, 0.29) is 13.2 Å². The Morgan fingerprint density at radius 1 is 1.09 bits per heavy atom. The van der Waals surface area contributed by atoms with Crippen molar-refractivity contribution in [2.75, 3.05) is 11.4 Å². The zero-order valence-corrected chi connectivity index (χ0v) is 12.5. The van der Waals surface area contributed by atoms with Crippen LogP contribution >= 0.6 is 0 Å². The van der Waals surface area contributed by atoms with Gasteiger partial charge in [0.1, 0.15) is 19.2 Å². The van der Waals surface area contributed by atoms with Crippen LogP contribution in [0.15, 0.2) is 54.6 Å². The minimum absolute atomic E-state index is 0.0686. The van der Waals surface area contributed by atoms with E-state index in [4.69, 9.17) is 4.74 Å². The number of aliphatic carboxylic acids is 1. The molecule has 1 N–H and O–H groups in total. The number of esters is 1. The molecule has 0 aromatic heterocycles. The Kier molecular flexibility index (Phi) is 4.28. The smallest absolute Gasteiger partial charge is 0.326 e. The van der Waals surface area contributed by atoms with Gasteiger partial charge in [-0.3, -0.25) is 4.79 Å². The lowest BCUT2D eigenvalue weighted by Gasteiger charge is -2.23. The molecule has 23 heavy (non-hydrogen) atoms. The second-order valence-corrected chi connectivity index (χ2v) is 5.46. The van der Waals surface area contributed by atoms with Crippen molar-refractivity contribution in [3.63, 3.8) is 0 Å². The molecule has 118 valence electrons. The molecule has 0 bridgehead atoms. The summed E-state index contributed by atoms with van der Waals surface area (Å²) in [6, 6.07) is 16.1. The number of benzene rings is 2. The van der Waals surface area contributed by atoms with Gasteiger partial charge in [0.15, 0.2) is 0 Å². The van der Waals surface area contributed by atoms with Crippen molar-refractivity contribution in [2.45, 2.75) is 19.1 Å². The molecule has 0 spiro atoms. The van der Waals surface area contributed by atoms with E-state index >= 15 is 0 Å². The van der Waals surface area contributed by atoms with Crippen molar-refractivity contribution in [3.05, 3.63) is 65.7 Å². The number of hydrogen-bond acceptors (Lipinski definition) is 4. The average molecular weight is 311 g/mol. The maximum absolute atomic E-state index is 12.1. The molecule has 1 atom stereocenters. The second-order valence-electron chi connectivity index (χ2n) is 5.46. The van der Waals surface area contributed by atoms with E-state index in [1.54, 1.807) is 4.90 Å². The second kappa shape index (κ2) is 6.52. The van der Waals surface area contributed by atoms with E-state index in [0.717, 1.165) is 16.8 Å². The van der Waals surface area contributed by atoms with Crippen LogP contribution in [-0.2, 0) is 27.4 Å². The average Bonchev–Trinajstić information content (AvgIpc) is 2.93. The SMILES string of the molecule is O=C(CN1c2ccccc2C[C@@H]1C(=O)O)OCc1ccccc1. The number of carboxylic acids is 1. The number of para-hydroxylation sites is 1. The highest BCUT2D eigenvalue weighted by molar-refractivity contribution is 5.86. The predicted octanol–water partition coefficient (Wildman–Crippen LogP) is 2.25. The number of carboxylic acid groups (broad SMARTS) is 1. The molecule has 0 fully saturated rings. The maximum atomic E-state index is 12.1. The molecule has 2 aromatic carbocycles. The first kappa shape index (κ1) is 15.1. The van der Waals surface area contributed by atoms with Crippen molar-refractivity contribution in [2.24, 2.45) is 0 Å². The highest BCUT2D eigenvalue weighted by atomic mass is 16.5. The molecule has 0 saturated heterocycles. The summed E-state index contributed by atoms with van der Waals surface area (Å²) in [5, 5.41) is 9.38. The molecule has 0 saturated carbocycles. The van der Waals surface area contributed by atoms with E-state index in [1.807, 2.05) is 54.6 Å². The van der Waals surface area contributed by atoms with Gasteiger partial charge in [0, 0.05) is 12.1 Å². The molecular formula is C18H17NO4. The fraction of sp³-hybridized carbons (Fsp3) is 0.222. The first-order valence-electron chi connectivity index (χ1n) is 7.42. The summed E-state index contributed by atoms with van der Waals surface area (Å²) in [7, 11) is 0. The monoisotopic (exact) mass is 311 g/mol. The molecule has 0 amide bonds. The van der Waals surface area contributed by atoms with Gasteiger partial charge in [-0.15, -0.1) is 0 Å². The molecule has 2 aromatic rings. The minimum atomic E-state index is -0.933. The van der Waals surface area contributed by atoms with E-state index < -0.39 is 18.0 Å². The molecule has 5 heteroatoms. The standard InChI is InChI=1S/C18H17NO4/c20-17(23-12-13-6-2-1-3-7-13)11-19-15-9-5-4-8-14(15)10-16(19)18(21)22/h1-9,16H,10-12H2,(H,21,22)/t16-/m1/s1. The zero-order valence-electron chi connectivity index (χ0n) is 12.5. The van der Waals surface area contributed by atoms with Crippen LogP contribution in [0, 0.1) is 0 Å². The topological polar surface area (TPSA) is 66.8 Å². The number of anilines is 1. The van der Waals surface area contributed by atoms with Crippen LogP contribution < -0.4 is 4.90 Å². The molecular weight excluding hydrogens is 294 g/mol. The van der Waals surface area contributed by atoms with Crippen LogP contribution in [0.5, 0.6) is 0 Å². The molecule has 1 aliphatic heterocycles. The highest BCUT2D eigenvalue weighted by Gasteiger charge is 2.35. The summed E-state index contributed by atoms with van der Waals surface area (Å²) in [5.41, 5.74) is 2.63. The van der Waals surface area contributed by atoms with Crippen LogP contribution in [0.3, 0.4) is 0 Å². The Morgan fingerprint density at radius 3 is 2.52 bits per heavy atom. The minimum Gasteiger partial charge on any atom is -0.480 e. The Labute approximate surface area is 134 Å². The van der Waals surface area contributed by atoms with E-state index in [2.05, 4.69) is 0 Å². The van der Waals surface area contributed by atoms with Gasteiger partial charge in [0.2, 0.25) is 0 Å². The largest absolute Gasteiger partial charge is 0.480 e. The first-order valence-corrected chi connectivity index (χ1v) is 7.42. The van der Waals surface area contributed by atoms with Gasteiger partial charge >= 0.3 is 11.9 Å². The Balaban J connectivity index is 1.67. The fourth-order valence-electron chi connectivity index (χ4n) is 2.79. The van der Waals surface area contributed by atoms with Crippen LogP contribution in [0.1, 0.15) is 11.1 Å². The molecule has 5 nitrogen and oxygen atoms in total. The normalized spacial score (nSPS) is 16.0. The third-order valence-electron chi connectivity index (χ3n) is 3.92. The number of carbonyl (C=O) groups excluding carboxylic acids is 1. The van der Waals surface area contributed by atoms with Gasteiger partial charge < -0.3 is 14.7 Å². The highest BCUT2D eigenvalue weighted by Crippen LogP contribution is 2.31. The summed E-state index contributed by atoms with van der Waals surface area (Å²) >= 11 is 0. The lowest BCUT2D eigenvalue weighted by atomic mass is 10.1. The summed E-state index contributed by atoms with van der Waals surface area (Å²) < 4.78 is 5.26. The van der Waals surface area contributed by atoms with Gasteiger partial charge in [0.25, 0.3) is 0 Å². The van der Waals surface area contributed by atoms with Crippen LogP contribution in [-0.4, -0.2) is 29.6 Å². The van der Waals surface area contributed by atoms with Crippen molar-refractivity contribution >= 4 is 17.6 Å². The number of fused-ring (bicyclic) bond motifs is 1. The number of hydrogen-bond donors (Lipinski definition) is 1. The molecule has 0 unspecified atom stereocenters. The lowest BCUT2D eigenvalue weighted by molar-refractivity contribution is -0.143. The molecule has 3 rings (SSSR count). The van der Waals surface area contributed by atoms with Gasteiger partial charge in [-0.2, -0.15) is 0 Å².